The van der Waals surface area contributed by atoms with Crippen molar-refractivity contribution in [1.29, 1.82) is 0 Å². The monoisotopic (exact) mass is 455 g/mol. The van der Waals surface area contributed by atoms with Crippen molar-refractivity contribution >= 4 is 51.4 Å². The summed E-state index contributed by atoms with van der Waals surface area (Å²) in [6.07, 6.45) is 1.55. The third-order valence-corrected chi connectivity index (χ3v) is 5.39. The Balaban J connectivity index is 0.00000272. The Hall–Kier alpha value is -3.16. The van der Waals surface area contributed by atoms with Gasteiger partial charge in [-0.15, -0.1) is 23.7 Å². The molecule has 2 aromatic heterocycles. The smallest absolute Gasteiger partial charge is 0.338 e. The highest BCUT2D eigenvalue weighted by molar-refractivity contribution is 7.17. The summed E-state index contributed by atoms with van der Waals surface area (Å²) in [5.41, 5.74) is 3.47. The summed E-state index contributed by atoms with van der Waals surface area (Å²) in [4.78, 5) is 21.6. The molecule has 160 valence electrons. The lowest BCUT2D eigenvalue weighted by molar-refractivity contribution is 0.0526. The summed E-state index contributed by atoms with van der Waals surface area (Å²) in [6.45, 7) is 4.74. The second-order valence-electron chi connectivity index (χ2n) is 6.43. The molecular formula is C23H22ClN3O3S. The van der Waals surface area contributed by atoms with Crippen molar-refractivity contribution in [3.05, 3.63) is 65.8 Å². The fraction of sp³-hybridized carbons (Fsp3) is 0.174. The molecular weight excluding hydrogens is 434 g/mol. The van der Waals surface area contributed by atoms with Gasteiger partial charge in [0, 0.05) is 16.6 Å². The van der Waals surface area contributed by atoms with Crippen LogP contribution in [-0.4, -0.2) is 29.2 Å². The van der Waals surface area contributed by atoms with Crippen molar-refractivity contribution < 1.29 is 14.3 Å². The Kier molecular flexibility index (Phi) is 7.44. The molecule has 31 heavy (non-hydrogen) atoms. The van der Waals surface area contributed by atoms with Crippen LogP contribution in [0.5, 0.6) is 5.75 Å². The zero-order chi connectivity index (χ0) is 20.9. The number of esters is 1. The van der Waals surface area contributed by atoms with E-state index in [1.165, 1.54) is 0 Å². The molecule has 0 bridgehead atoms. The predicted molar refractivity (Wildman–Crippen MR) is 127 cm³/mol. The highest BCUT2D eigenvalue weighted by Gasteiger charge is 2.14. The van der Waals surface area contributed by atoms with E-state index in [0.717, 1.165) is 32.8 Å². The van der Waals surface area contributed by atoms with Crippen LogP contribution in [0.1, 0.15) is 24.2 Å². The molecule has 0 saturated heterocycles. The van der Waals surface area contributed by atoms with Gasteiger partial charge < -0.3 is 14.8 Å². The summed E-state index contributed by atoms with van der Waals surface area (Å²) < 4.78 is 10.6. The Labute approximate surface area is 190 Å². The number of benzene rings is 2. The summed E-state index contributed by atoms with van der Waals surface area (Å²) in [6, 6.07) is 15.2. The zero-order valence-corrected chi connectivity index (χ0v) is 18.8. The molecule has 0 aliphatic heterocycles. The van der Waals surface area contributed by atoms with Gasteiger partial charge in [-0.05, 0) is 55.8 Å². The van der Waals surface area contributed by atoms with E-state index in [-0.39, 0.29) is 18.4 Å². The fourth-order valence-electron chi connectivity index (χ4n) is 3.12. The molecule has 0 saturated carbocycles. The molecule has 0 unspecified atom stereocenters. The summed E-state index contributed by atoms with van der Waals surface area (Å²) in [5, 5.41) is 6.40. The first-order chi connectivity index (χ1) is 14.7. The van der Waals surface area contributed by atoms with Gasteiger partial charge in [0.15, 0.2) is 0 Å². The SMILES string of the molecule is CCOC(=O)c1ccc(Nc2ncnc3scc(-c4ccc(OCC)cc4)c23)cc1.Cl. The van der Waals surface area contributed by atoms with Crippen molar-refractivity contribution in [1.82, 2.24) is 9.97 Å². The number of nitrogens with zero attached hydrogens (tertiary/aromatic N) is 2. The molecule has 0 aliphatic carbocycles. The van der Waals surface area contributed by atoms with Crippen LogP contribution < -0.4 is 10.1 Å². The van der Waals surface area contributed by atoms with Gasteiger partial charge >= 0.3 is 5.97 Å². The number of carbonyl (C=O) groups is 1. The van der Waals surface area contributed by atoms with E-state index in [9.17, 15) is 4.79 Å². The molecule has 2 heterocycles. The van der Waals surface area contributed by atoms with Crippen LogP contribution in [0.15, 0.2) is 60.2 Å². The maximum atomic E-state index is 11.9. The first kappa shape index (κ1) is 22.5. The van der Waals surface area contributed by atoms with E-state index in [2.05, 4.69) is 20.7 Å². The Bertz CT molecular complexity index is 1160. The molecule has 0 aliphatic rings. The molecule has 0 spiro atoms. The van der Waals surface area contributed by atoms with Crippen molar-refractivity contribution in [2.45, 2.75) is 13.8 Å². The number of hydrogen-bond donors (Lipinski definition) is 1. The van der Waals surface area contributed by atoms with Crippen LogP contribution >= 0.6 is 23.7 Å². The maximum Gasteiger partial charge on any atom is 0.338 e. The number of ether oxygens (including phenoxy) is 2. The van der Waals surface area contributed by atoms with Crippen molar-refractivity contribution in [2.75, 3.05) is 18.5 Å². The van der Waals surface area contributed by atoms with E-state index in [4.69, 9.17) is 9.47 Å². The van der Waals surface area contributed by atoms with Gasteiger partial charge in [0.2, 0.25) is 0 Å². The zero-order valence-electron chi connectivity index (χ0n) is 17.1. The number of aromatic nitrogens is 2. The van der Waals surface area contributed by atoms with Crippen molar-refractivity contribution in [3.8, 4) is 16.9 Å². The number of halogens is 1. The van der Waals surface area contributed by atoms with E-state index in [0.29, 0.717) is 24.6 Å². The van der Waals surface area contributed by atoms with E-state index in [1.807, 2.05) is 43.3 Å². The number of nitrogens with one attached hydrogen (secondary N) is 1. The van der Waals surface area contributed by atoms with Crippen LogP contribution in [0.4, 0.5) is 11.5 Å². The average Bonchev–Trinajstić information content (AvgIpc) is 3.20. The predicted octanol–water partition coefficient (Wildman–Crippen LogP) is 6.10. The molecule has 0 atom stereocenters. The molecule has 0 amide bonds. The summed E-state index contributed by atoms with van der Waals surface area (Å²) in [5.74, 6) is 1.23. The number of anilines is 2. The van der Waals surface area contributed by atoms with Crippen LogP contribution in [0.2, 0.25) is 0 Å². The molecule has 4 aromatic rings. The van der Waals surface area contributed by atoms with Crippen LogP contribution in [0.3, 0.4) is 0 Å². The molecule has 6 nitrogen and oxygen atoms in total. The Morgan fingerprint density at radius 3 is 2.42 bits per heavy atom. The third kappa shape index (κ3) is 4.95. The van der Waals surface area contributed by atoms with Gasteiger partial charge in [-0.25, -0.2) is 14.8 Å². The van der Waals surface area contributed by atoms with Gasteiger partial charge in [-0.2, -0.15) is 0 Å². The molecule has 0 fully saturated rings. The second-order valence-corrected chi connectivity index (χ2v) is 7.29. The number of hydrogen-bond acceptors (Lipinski definition) is 7. The van der Waals surface area contributed by atoms with Gasteiger partial charge in [0.25, 0.3) is 0 Å². The van der Waals surface area contributed by atoms with Gasteiger partial charge in [0.1, 0.15) is 22.7 Å². The minimum atomic E-state index is -0.330. The molecule has 4 rings (SSSR count). The first-order valence-electron chi connectivity index (χ1n) is 9.69. The Morgan fingerprint density at radius 1 is 1.00 bits per heavy atom. The minimum Gasteiger partial charge on any atom is -0.494 e. The number of thiophene rings is 1. The number of rotatable bonds is 7. The van der Waals surface area contributed by atoms with Crippen LogP contribution in [0, 0.1) is 0 Å². The van der Waals surface area contributed by atoms with E-state index >= 15 is 0 Å². The second kappa shape index (κ2) is 10.2. The van der Waals surface area contributed by atoms with E-state index in [1.54, 1.807) is 36.7 Å². The highest BCUT2D eigenvalue weighted by atomic mass is 35.5. The van der Waals surface area contributed by atoms with Gasteiger partial charge in [-0.3, -0.25) is 0 Å². The van der Waals surface area contributed by atoms with Crippen LogP contribution in [-0.2, 0) is 4.74 Å². The molecule has 1 N–H and O–H groups in total. The van der Waals surface area contributed by atoms with Gasteiger partial charge in [-0.1, -0.05) is 12.1 Å². The largest absolute Gasteiger partial charge is 0.494 e. The van der Waals surface area contributed by atoms with Crippen molar-refractivity contribution in [3.63, 3.8) is 0 Å². The highest BCUT2D eigenvalue weighted by Crippen LogP contribution is 2.37. The first-order valence-corrected chi connectivity index (χ1v) is 10.6. The standard InChI is InChI=1S/C23H21N3O3S.ClH/c1-3-28-18-11-7-15(8-12-18)19-13-30-22-20(19)21(24-14-25-22)26-17-9-5-16(6-10-17)23(27)29-4-2;/h5-14H,3-4H2,1-2H3,(H,24,25,26);1H. The van der Waals surface area contributed by atoms with Crippen molar-refractivity contribution in [2.24, 2.45) is 0 Å². The minimum absolute atomic E-state index is 0. The van der Waals surface area contributed by atoms with Gasteiger partial charge in [0.05, 0.1) is 24.2 Å². The number of fused-ring (bicyclic) bond motifs is 1. The molecule has 8 heteroatoms. The summed E-state index contributed by atoms with van der Waals surface area (Å²) >= 11 is 1.58. The third-order valence-electron chi connectivity index (χ3n) is 4.51. The fourth-order valence-corrected chi connectivity index (χ4v) is 4.04. The Morgan fingerprint density at radius 2 is 1.74 bits per heavy atom. The van der Waals surface area contributed by atoms with E-state index < -0.39 is 0 Å². The molecule has 0 radical (unpaired) electrons. The summed E-state index contributed by atoms with van der Waals surface area (Å²) in [7, 11) is 0. The number of carbonyl (C=O) groups excluding carboxylic acids is 1. The quantitative estimate of drug-likeness (QED) is 0.339. The maximum absolute atomic E-state index is 11.9. The lowest BCUT2D eigenvalue weighted by Gasteiger charge is -2.10. The van der Waals surface area contributed by atoms with Crippen LogP contribution in [0.25, 0.3) is 21.3 Å². The topological polar surface area (TPSA) is 73.3 Å². The normalized spacial score (nSPS) is 10.4. The molecule has 2 aromatic carbocycles. The average molecular weight is 456 g/mol. The lowest BCUT2D eigenvalue weighted by Crippen LogP contribution is -2.04. The lowest BCUT2D eigenvalue weighted by atomic mass is 10.1.